The Kier molecular flexibility index (Phi) is 4.46. The van der Waals surface area contributed by atoms with E-state index in [0.717, 1.165) is 24.7 Å². The topological polar surface area (TPSA) is 78.5 Å². The van der Waals surface area contributed by atoms with E-state index in [4.69, 9.17) is 0 Å². The van der Waals surface area contributed by atoms with Gasteiger partial charge in [-0.3, -0.25) is 14.4 Å². The van der Waals surface area contributed by atoms with Gasteiger partial charge >= 0.3 is 0 Å². The fourth-order valence-electron chi connectivity index (χ4n) is 6.06. The molecule has 3 amide bonds. The van der Waals surface area contributed by atoms with Crippen LogP contribution in [-0.2, 0) is 14.4 Å². The number of likely N-dealkylation sites (tertiary alicyclic amines) is 1. The average Bonchev–Trinajstić information content (AvgIpc) is 3.05. The molecular weight excluding hydrogens is 318 g/mol. The molecule has 1 atom stereocenters. The molecular formula is C19H29N3O3. The van der Waals surface area contributed by atoms with Gasteiger partial charge in [-0.1, -0.05) is 0 Å². The van der Waals surface area contributed by atoms with Crippen LogP contribution in [0, 0.1) is 23.7 Å². The van der Waals surface area contributed by atoms with Crippen LogP contribution in [-0.4, -0.2) is 47.8 Å². The maximum absolute atomic E-state index is 12.9. The molecule has 2 N–H and O–H groups in total. The standard InChI is InChI=1S/C19H29N3O3/c1-11(23)20-10-17(24)22-4-2-3-16(22)19(25)21-18-14-6-12-5-13(8-14)9-15(18)7-12/h12-16,18H,2-10H2,1H3,(H,20,23)(H,21,25). The molecule has 0 aromatic rings. The fraction of sp³-hybridized carbons (Fsp3) is 0.842. The van der Waals surface area contributed by atoms with Crippen LogP contribution in [0.5, 0.6) is 0 Å². The number of nitrogens with one attached hydrogen (secondary N) is 2. The van der Waals surface area contributed by atoms with Crippen LogP contribution in [0.1, 0.15) is 51.9 Å². The number of carbonyl (C=O) groups excluding carboxylic acids is 3. The van der Waals surface area contributed by atoms with Crippen LogP contribution in [0.25, 0.3) is 0 Å². The summed E-state index contributed by atoms with van der Waals surface area (Å²) in [6.45, 7) is 1.99. The van der Waals surface area contributed by atoms with E-state index in [1.807, 2.05) is 0 Å². The van der Waals surface area contributed by atoms with Gasteiger partial charge in [0.15, 0.2) is 0 Å². The van der Waals surface area contributed by atoms with Crippen LogP contribution in [0.3, 0.4) is 0 Å². The van der Waals surface area contributed by atoms with E-state index >= 15 is 0 Å². The zero-order valence-electron chi connectivity index (χ0n) is 15.0. The van der Waals surface area contributed by atoms with Crippen molar-refractivity contribution in [2.24, 2.45) is 23.7 Å². The van der Waals surface area contributed by atoms with Gasteiger partial charge in [0.2, 0.25) is 17.7 Å². The third kappa shape index (κ3) is 3.27. The zero-order chi connectivity index (χ0) is 17.6. The Labute approximate surface area is 149 Å². The number of hydrogen-bond donors (Lipinski definition) is 2. The van der Waals surface area contributed by atoms with E-state index < -0.39 is 0 Å². The number of amides is 3. The van der Waals surface area contributed by atoms with Gasteiger partial charge in [0.1, 0.15) is 6.04 Å². The first-order valence-corrected chi connectivity index (χ1v) is 9.85. The third-order valence-corrected chi connectivity index (χ3v) is 6.90. The molecule has 0 aromatic carbocycles. The Balaban J connectivity index is 1.37. The lowest BCUT2D eigenvalue weighted by Gasteiger charge is -2.54. The molecule has 5 rings (SSSR count). The van der Waals surface area contributed by atoms with Crippen molar-refractivity contribution >= 4 is 17.7 Å². The first-order chi connectivity index (χ1) is 12.0. The quantitative estimate of drug-likeness (QED) is 0.798. The van der Waals surface area contributed by atoms with Crippen molar-refractivity contribution in [1.29, 1.82) is 0 Å². The molecule has 4 bridgehead atoms. The summed E-state index contributed by atoms with van der Waals surface area (Å²) in [5, 5.41) is 5.88. The summed E-state index contributed by atoms with van der Waals surface area (Å²) >= 11 is 0. The summed E-state index contributed by atoms with van der Waals surface area (Å²) in [6.07, 6.45) is 8.07. The maximum atomic E-state index is 12.9. The van der Waals surface area contributed by atoms with E-state index in [9.17, 15) is 14.4 Å². The highest BCUT2D eigenvalue weighted by Gasteiger charge is 2.49. The first kappa shape index (κ1) is 16.9. The second kappa shape index (κ2) is 6.61. The first-order valence-electron chi connectivity index (χ1n) is 9.85. The van der Waals surface area contributed by atoms with Crippen molar-refractivity contribution in [1.82, 2.24) is 15.5 Å². The average molecular weight is 347 g/mol. The van der Waals surface area contributed by atoms with Gasteiger partial charge in [-0.25, -0.2) is 0 Å². The highest BCUT2D eigenvalue weighted by Crippen LogP contribution is 2.53. The molecule has 4 saturated carbocycles. The molecule has 5 aliphatic rings. The molecule has 4 aliphatic carbocycles. The predicted octanol–water partition coefficient (Wildman–Crippen LogP) is 1.05. The normalized spacial score (nSPS) is 38.7. The summed E-state index contributed by atoms with van der Waals surface area (Å²) in [6, 6.07) is -0.0494. The second-order valence-electron chi connectivity index (χ2n) is 8.62. The Morgan fingerprint density at radius 3 is 2.24 bits per heavy atom. The van der Waals surface area contributed by atoms with Crippen LogP contribution in [0.4, 0.5) is 0 Å². The van der Waals surface area contributed by atoms with Crippen molar-refractivity contribution in [2.75, 3.05) is 13.1 Å². The molecule has 0 radical (unpaired) electrons. The van der Waals surface area contributed by atoms with Gasteiger partial charge in [-0.15, -0.1) is 0 Å². The molecule has 1 saturated heterocycles. The zero-order valence-corrected chi connectivity index (χ0v) is 15.0. The van der Waals surface area contributed by atoms with Gasteiger partial charge in [0.05, 0.1) is 6.54 Å². The molecule has 6 nitrogen and oxygen atoms in total. The van der Waals surface area contributed by atoms with Crippen molar-refractivity contribution in [3.8, 4) is 0 Å². The molecule has 1 heterocycles. The van der Waals surface area contributed by atoms with Crippen LogP contribution in [0.15, 0.2) is 0 Å². The SMILES string of the molecule is CC(=O)NCC(=O)N1CCCC1C(=O)NC1C2CC3CC(C2)CC1C3. The monoisotopic (exact) mass is 347 g/mol. The van der Waals surface area contributed by atoms with Crippen LogP contribution >= 0.6 is 0 Å². The Bertz CT molecular complexity index is 548. The minimum atomic E-state index is -0.363. The molecule has 1 aliphatic heterocycles. The van der Waals surface area contributed by atoms with Gasteiger partial charge < -0.3 is 15.5 Å². The summed E-state index contributed by atoms with van der Waals surface area (Å²) in [5.74, 6) is 2.71. The Morgan fingerprint density at radius 2 is 1.64 bits per heavy atom. The van der Waals surface area contributed by atoms with Crippen LogP contribution in [0.2, 0.25) is 0 Å². The third-order valence-electron chi connectivity index (χ3n) is 6.90. The molecule has 1 unspecified atom stereocenters. The highest BCUT2D eigenvalue weighted by atomic mass is 16.2. The van der Waals surface area contributed by atoms with Crippen LogP contribution < -0.4 is 10.6 Å². The lowest BCUT2D eigenvalue weighted by Crippen LogP contribution is -2.59. The summed E-state index contributed by atoms with van der Waals surface area (Å²) in [4.78, 5) is 37.9. The number of carbonyl (C=O) groups is 3. The summed E-state index contributed by atoms with van der Waals surface area (Å²) in [5.41, 5.74) is 0. The second-order valence-corrected chi connectivity index (χ2v) is 8.62. The van der Waals surface area contributed by atoms with E-state index in [-0.39, 0.29) is 30.3 Å². The van der Waals surface area contributed by atoms with E-state index in [1.54, 1.807) is 4.90 Å². The number of hydrogen-bond acceptors (Lipinski definition) is 3. The molecule has 6 heteroatoms. The predicted molar refractivity (Wildman–Crippen MR) is 92.4 cm³/mol. The van der Waals surface area contributed by atoms with Gasteiger partial charge in [-0.2, -0.15) is 0 Å². The smallest absolute Gasteiger partial charge is 0.243 e. The molecule has 5 fully saturated rings. The van der Waals surface area contributed by atoms with Gasteiger partial charge in [0.25, 0.3) is 0 Å². The van der Waals surface area contributed by atoms with Crippen molar-refractivity contribution in [2.45, 2.75) is 64.0 Å². The Morgan fingerprint density at radius 1 is 1.00 bits per heavy atom. The Hall–Kier alpha value is -1.59. The van der Waals surface area contributed by atoms with Gasteiger partial charge in [0, 0.05) is 19.5 Å². The molecule has 0 aromatic heterocycles. The van der Waals surface area contributed by atoms with E-state index in [2.05, 4.69) is 10.6 Å². The summed E-state index contributed by atoms with van der Waals surface area (Å²) < 4.78 is 0. The van der Waals surface area contributed by atoms with Crippen molar-refractivity contribution in [3.63, 3.8) is 0 Å². The molecule has 0 spiro atoms. The lowest BCUT2D eigenvalue weighted by atomic mass is 9.54. The van der Waals surface area contributed by atoms with Crippen molar-refractivity contribution in [3.05, 3.63) is 0 Å². The lowest BCUT2D eigenvalue weighted by molar-refractivity contribution is -0.140. The number of nitrogens with zero attached hydrogens (tertiary/aromatic N) is 1. The molecule has 25 heavy (non-hydrogen) atoms. The highest BCUT2D eigenvalue weighted by molar-refractivity contribution is 5.90. The minimum absolute atomic E-state index is 0.0167. The minimum Gasteiger partial charge on any atom is -0.351 e. The maximum Gasteiger partial charge on any atom is 0.243 e. The van der Waals surface area contributed by atoms with E-state index in [0.29, 0.717) is 24.4 Å². The van der Waals surface area contributed by atoms with E-state index in [1.165, 1.54) is 39.0 Å². The number of rotatable bonds is 4. The van der Waals surface area contributed by atoms with Crippen molar-refractivity contribution < 1.29 is 14.4 Å². The molecule has 138 valence electrons. The van der Waals surface area contributed by atoms with Gasteiger partial charge in [-0.05, 0) is 68.6 Å². The largest absolute Gasteiger partial charge is 0.351 e. The fourth-order valence-corrected chi connectivity index (χ4v) is 6.06. The summed E-state index contributed by atoms with van der Waals surface area (Å²) in [7, 11) is 0.